The van der Waals surface area contributed by atoms with Gasteiger partial charge in [0.2, 0.25) is 0 Å². The number of nitrogens with zero attached hydrogens (tertiary/aromatic N) is 3. The topological polar surface area (TPSA) is 75.1 Å². The van der Waals surface area contributed by atoms with Gasteiger partial charge in [-0.05, 0) is 34.4 Å². The molecule has 6 heteroatoms. The number of rotatable bonds is 4. The van der Waals surface area contributed by atoms with Gasteiger partial charge >= 0.3 is 5.97 Å². The molecule has 0 saturated carbocycles. The van der Waals surface area contributed by atoms with Gasteiger partial charge in [0.1, 0.15) is 5.70 Å². The lowest BCUT2D eigenvalue weighted by atomic mass is 10.0. The zero-order valence-corrected chi connectivity index (χ0v) is 12.5. The van der Waals surface area contributed by atoms with Crippen molar-refractivity contribution >= 4 is 23.6 Å². The zero-order valence-electron chi connectivity index (χ0n) is 11.7. The first-order valence-corrected chi connectivity index (χ1v) is 6.73. The average molecular weight is 314 g/mol. The number of benzene rings is 2. The normalized spacial score (nSPS) is 10.7. The largest absolute Gasteiger partial charge is 0.466 e. The van der Waals surface area contributed by atoms with Gasteiger partial charge in [0.25, 0.3) is 0 Å². The first-order valence-electron chi connectivity index (χ1n) is 6.36. The van der Waals surface area contributed by atoms with Gasteiger partial charge in [-0.25, -0.2) is 4.79 Å². The molecule has 0 aliphatic rings. The van der Waals surface area contributed by atoms with Crippen LogP contribution in [0, 0.1) is 0 Å². The van der Waals surface area contributed by atoms with E-state index in [4.69, 9.17) is 17.1 Å². The van der Waals surface area contributed by atoms with E-state index in [1.807, 2.05) is 36.4 Å². The van der Waals surface area contributed by atoms with Crippen molar-refractivity contribution in [1.82, 2.24) is 0 Å². The maximum absolute atomic E-state index is 11.5. The summed E-state index contributed by atoms with van der Waals surface area (Å²) in [6.07, 6.45) is 1.39. The summed E-state index contributed by atoms with van der Waals surface area (Å²) in [5.74, 6) is -0.721. The van der Waals surface area contributed by atoms with Crippen LogP contribution in [0.3, 0.4) is 0 Å². The molecule has 2 aromatic carbocycles. The molecule has 0 fully saturated rings. The molecule has 0 radical (unpaired) electrons. The second-order valence-electron chi connectivity index (χ2n) is 4.31. The summed E-state index contributed by atoms with van der Waals surface area (Å²) in [7, 11) is 1.21. The van der Waals surface area contributed by atoms with Gasteiger partial charge in [0.05, 0.1) is 7.11 Å². The first kappa shape index (κ1) is 15.6. The lowest BCUT2D eigenvalue weighted by Crippen LogP contribution is -2.02. The Kier molecular flexibility index (Phi) is 5.20. The van der Waals surface area contributed by atoms with Crippen LogP contribution in [0.15, 0.2) is 59.3 Å². The van der Waals surface area contributed by atoms with E-state index in [1.165, 1.54) is 13.2 Å². The van der Waals surface area contributed by atoms with Crippen molar-refractivity contribution in [3.8, 4) is 11.1 Å². The summed E-state index contributed by atoms with van der Waals surface area (Å²) in [5.41, 5.74) is 10.9. The van der Waals surface area contributed by atoms with Crippen molar-refractivity contribution < 1.29 is 9.53 Å². The standard InChI is InChI=1S/C16H12ClN3O2/c1-22-16(21)15(19-20-18)10-13-8-7-12(9-14(13)17)11-5-3-2-4-6-11/h2-10H,1H3. The molecular formula is C16H12ClN3O2. The van der Waals surface area contributed by atoms with Gasteiger partial charge in [-0.3, -0.25) is 0 Å². The molecule has 0 aromatic heterocycles. The summed E-state index contributed by atoms with van der Waals surface area (Å²) in [5, 5.41) is 3.76. The summed E-state index contributed by atoms with van der Waals surface area (Å²) in [6, 6.07) is 15.2. The lowest BCUT2D eigenvalue weighted by Gasteiger charge is -2.05. The predicted molar refractivity (Wildman–Crippen MR) is 86.0 cm³/mol. The molecule has 0 spiro atoms. The first-order chi connectivity index (χ1) is 10.7. The van der Waals surface area contributed by atoms with E-state index in [1.54, 1.807) is 12.1 Å². The van der Waals surface area contributed by atoms with Crippen LogP contribution in [0.1, 0.15) is 5.56 Å². The van der Waals surface area contributed by atoms with Crippen molar-refractivity contribution in [2.75, 3.05) is 7.11 Å². The average Bonchev–Trinajstić information content (AvgIpc) is 2.56. The van der Waals surface area contributed by atoms with Gasteiger partial charge in [-0.15, -0.1) is 0 Å². The molecule has 0 aliphatic heterocycles. The summed E-state index contributed by atoms with van der Waals surface area (Å²) in [6.45, 7) is 0. The van der Waals surface area contributed by atoms with Crippen LogP contribution in [-0.2, 0) is 9.53 Å². The van der Waals surface area contributed by atoms with E-state index in [-0.39, 0.29) is 5.70 Å². The Morgan fingerprint density at radius 2 is 1.95 bits per heavy atom. The summed E-state index contributed by atoms with van der Waals surface area (Å²) >= 11 is 6.24. The van der Waals surface area contributed by atoms with Crippen molar-refractivity contribution in [3.05, 3.63) is 75.3 Å². The van der Waals surface area contributed by atoms with E-state index in [2.05, 4.69) is 14.8 Å². The summed E-state index contributed by atoms with van der Waals surface area (Å²) in [4.78, 5) is 14.1. The molecule has 5 nitrogen and oxygen atoms in total. The fraction of sp³-hybridized carbons (Fsp3) is 0.0625. The van der Waals surface area contributed by atoms with E-state index < -0.39 is 5.97 Å². The van der Waals surface area contributed by atoms with Crippen LogP contribution in [0.2, 0.25) is 5.02 Å². The van der Waals surface area contributed by atoms with Gasteiger partial charge in [0, 0.05) is 9.93 Å². The Labute approximate surface area is 132 Å². The molecule has 0 N–H and O–H groups in total. The number of methoxy groups -OCH3 is 1. The molecule has 0 aliphatic carbocycles. The van der Waals surface area contributed by atoms with E-state index in [9.17, 15) is 4.79 Å². The number of esters is 1. The van der Waals surface area contributed by atoms with Crippen LogP contribution in [0.4, 0.5) is 0 Å². The molecule has 0 unspecified atom stereocenters. The second kappa shape index (κ2) is 7.31. The van der Waals surface area contributed by atoms with Crippen LogP contribution in [-0.4, -0.2) is 13.1 Å². The third-order valence-electron chi connectivity index (χ3n) is 2.95. The quantitative estimate of drug-likeness (QED) is 0.266. The minimum atomic E-state index is -0.721. The van der Waals surface area contributed by atoms with E-state index >= 15 is 0 Å². The highest BCUT2D eigenvalue weighted by Gasteiger charge is 2.09. The minimum Gasteiger partial charge on any atom is -0.466 e. The van der Waals surface area contributed by atoms with Crippen LogP contribution < -0.4 is 0 Å². The van der Waals surface area contributed by atoms with Crippen molar-refractivity contribution in [2.45, 2.75) is 0 Å². The fourth-order valence-corrected chi connectivity index (χ4v) is 2.12. The molecular weight excluding hydrogens is 302 g/mol. The highest BCUT2D eigenvalue weighted by atomic mass is 35.5. The number of hydrogen-bond donors (Lipinski definition) is 0. The highest BCUT2D eigenvalue weighted by Crippen LogP contribution is 2.27. The molecule has 0 saturated heterocycles. The molecule has 0 heterocycles. The molecule has 110 valence electrons. The Bertz CT molecular complexity index is 766. The lowest BCUT2D eigenvalue weighted by molar-refractivity contribution is -0.136. The number of ether oxygens (including phenoxy) is 1. The highest BCUT2D eigenvalue weighted by molar-refractivity contribution is 6.32. The minimum absolute atomic E-state index is 0.153. The van der Waals surface area contributed by atoms with Crippen molar-refractivity contribution in [3.63, 3.8) is 0 Å². The second-order valence-corrected chi connectivity index (χ2v) is 4.72. The fourth-order valence-electron chi connectivity index (χ4n) is 1.88. The van der Waals surface area contributed by atoms with Crippen molar-refractivity contribution in [2.24, 2.45) is 5.11 Å². The van der Waals surface area contributed by atoms with E-state index in [0.29, 0.717) is 10.6 Å². The third kappa shape index (κ3) is 3.67. The maximum Gasteiger partial charge on any atom is 0.340 e. The summed E-state index contributed by atoms with van der Waals surface area (Å²) < 4.78 is 4.55. The van der Waals surface area contributed by atoms with Gasteiger partial charge < -0.3 is 4.74 Å². The Hall–Kier alpha value is -2.75. The molecule has 0 amide bonds. The monoisotopic (exact) mass is 313 g/mol. The van der Waals surface area contributed by atoms with Crippen LogP contribution in [0.25, 0.3) is 27.6 Å². The van der Waals surface area contributed by atoms with Gasteiger partial charge in [0.15, 0.2) is 0 Å². The van der Waals surface area contributed by atoms with Crippen LogP contribution >= 0.6 is 11.6 Å². The zero-order chi connectivity index (χ0) is 15.9. The molecule has 0 bridgehead atoms. The Morgan fingerprint density at radius 1 is 1.23 bits per heavy atom. The number of azide groups is 1. The maximum atomic E-state index is 11.5. The Morgan fingerprint density at radius 3 is 2.55 bits per heavy atom. The van der Waals surface area contributed by atoms with Gasteiger partial charge in [-0.1, -0.05) is 59.2 Å². The predicted octanol–water partition coefficient (Wildman–Crippen LogP) is 4.83. The van der Waals surface area contributed by atoms with Crippen LogP contribution in [0.5, 0.6) is 0 Å². The van der Waals surface area contributed by atoms with Crippen molar-refractivity contribution in [1.29, 1.82) is 0 Å². The molecule has 2 rings (SSSR count). The Balaban J connectivity index is 2.41. The number of hydrogen-bond acceptors (Lipinski definition) is 3. The smallest absolute Gasteiger partial charge is 0.340 e. The van der Waals surface area contributed by atoms with E-state index in [0.717, 1.165) is 11.1 Å². The van der Waals surface area contributed by atoms with Gasteiger partial charge in [-0.2, -0.15) is 0 Å². The molecule has 22 heavy (non-hydrogen) atoms. The third-order valence-corrected chi connectivity index (χ3v) is 3.27. The number of carbonyl (C=O) groups is 1. The SMILES string of the molecule is COC(=O)C(=Cc1ccc(-c2ccccc2)cc1Cl)N=[N+]=[N-]. The molecule has 0 atom stereocenters. The molecule has 2 aromatic rings. The number of carbonyl (C=O) groups excluding carboxylic acids is 1. The number of halogens is 1.